The zero-order valence-electron chi connectivity index (χ0n) is 18.7. The van der Waals surface area contributed by atoms with Crippen molar-refractivity contribution in [1.82, 2.24) is 4.90 Å². The van der Waals surface area contributed by atoms with E-state index in [1.165, 1.54) is 17.7 Å². The summed E-state index contributed by atoms with van der Waals surface area (Å²) in [6, 6.07) is 17.8. The number of amides is 1. The zero-order valence-corrected chi connectivity index (χ0v) is 19.5. The topological polar surface area (TPSA) is 75.7 Å². The minimum atomic E-state index is -3.90. The first kappa shape index (κ1) is 22.4. The summed E-state index contributed by atoms with van der Waals surface area (Å²) in [5.41, 5.74) is 3.48. The maximum atomic E-state index is 13.3. The second-order valence-corrected chi connectivity index (χ2v) is 10.4. The van der Waals surface area contributed by atoms with Crippen LogP contribution in [-0.2, 0) is 27.8 Å². The molecular formula is C26H25FN2O4S. The molecule has 0 fully saturated rings. The lowest BCUT2D eigenvalue weighted by molar-refractivity contribution is -0.140. The molecule has 1 aliphatic carbocycles. The number of ether oxygens (including phenoxy) is 1. The predicted molar refractivity (Wildman–Crippen MR) is 126 cm³/mol. The van der Waals surface area contributed by atoms with Gasteiger partial charge in [0.25, 0.3) is 15.9 Å². The van der Waals surface area contributed by atoms with Crippen molar-refractivity contribution in [1.29, 1.82) is 0 Å². The molecule has 0 saturated carbocycles. The number of hydrogen-bond donors (Lipinski definition) is 1. The van der Waals surface area contributed by atoms with Gasteiger partial charge in [-0.15, -0.1) is 0 Å². The highest BCUT2D eigenvalue weighted by molar-refractivity contribution is 7.92. The summed E-state index contributed by atoms with van der Waals surface area (Å²) in [5, 5.41) is 0. The van der Waals surface area contributed by atoms with Crippen LogP contribution in [0.15, 0.2) is 71.6 Å². The monoisotopic (exact) mass is 480 g/mol. The van der Waals surface area contributed by atoms with Gasteiger partial charge < -0.3 is 9.64 Å². The van der Waals surface area contributed by atoms with Gasteiger partial charge >= 0.3 is 0 Å². The first-order valence-corrected chi connectivity index (χ1v) is 12.8. The highest BCUT2D eigenvalue weighted by atomic mass is 32.2. The molecule has 0 spiro atoms. The molecule has 0 radical (unpaired) electrons. The average molecular weight is 481 g/mol. The normalized spacial score (nSPS) is 20.1. The van der Waals surface area contributed by atoms with Crippen LogP contribution in [0.3, 0.4) is 0 Å². The summed E-state index contributed by atoms with van der Waals surface area (Å²) in [4.78, 5) is 15.1. The number of halogens is 1. The van der Waals surface area contributed by atoms with Crippen molar-refractivity contribution >= 4 is 21.6 Å². The molecule has 1 aliphatic heterocycles. The van der Waals surface area contributed by atoms with Crippen LogP contribution in [0.4, 0.5) is 10.1 Å². The van der Waals surface area contributed by atoms with Crippen molar-refractivity contribution in [3.63, 3.8) is 0 Å². The number of rotatable bonds is 4. The largest absolute Gasteiger partial charge is 0.481 e. The number of nitrogens with one attached hydrogen (secondary N) is 1. The first-order chi connectivity index (χ1) is 16.3. The fraction of sp³-hybridized carbons (Fsp3) is 0.269. The molecule has 2 unspecified atom stereocenters. The Labute approximate surface area is 198 Å². The Morgan fingerprint density at radius 1 is 1.03 bits per heavy atom. The van der Waals surface area contributed by atoms with Gasteiger partial charge in [0, 0.05) is 11.3 Å². The molecule has 0 saturated heterocycles. The third-order valence-corrected chi connectivity index (χ3v) is 7.82. The summed E-state index contributed by atoms with van der Waals surface area (Å²) in [7, 11) is -3.90. The van der Waals surface area contributed by atoms with Crippen LogP contribution in [0.5, 0.6) is 5.75 Å². The van der Waals surface area contributed by atoms with E-state index < -0.39 is 21.9 Å². The number of carbonyl (C=O) groups excluding carboxylic acids is 1. The van der Waals surface area contributed by atoms with E-state index in [4.69, 9.17) is 4.74 Å². The molecule has 5 rings (SSSR count). The predicted octanol–water partition coefficient (Wildman–Crippen LogP) is 4.81. The average Bonchev–Trinajstić information content (AvgIpc) is 2.95. The van der Waals surface area contributed by atoms with E-state index in [1.807, 2.05) is 17.0 Å². The van der Waals surface area contributed by atoms with E-state index in [-0.39, 0.29) is 16.8 Å². The van der Waals surface area contributed by atoms with Crippen LogP contribution in [0, 0.1) is 5.82 Å². The molecular weight excluding hydrogens is 455 g/mol. The molecule has 0 bridgehead atoms. The molecule has 1 amide bonds. The second-order valence-electron chi connectivity index (χ2n) is 8.71. The van der Waals surface area contributed by atoms with Crippen molar-refractivity contribution in [2.24, 2.45) is 0 Å². The molecule has 0 aromatic heterocycles. The van der Waals surface area contributed by atoms with Crippen LogP contribution in [0.1, 0.15) is 42.5 Å². The second kappa shape index (κ2) is 8.76. The van der Waals surface area contributed by atoms with E-state index in [0.29, 0.717) is 18.0 Å². The maximum Gasteiger partial charge on any atom is 0.264 e. The Hall–Kier alpha value is -3.39. The third kappa shape index (κ3) is 4.25. The number of aryl methyl sites for hydroxylation is 1. The van der Waals surface area contributed by atoms with E-state index in [0.717, 1.165) is 42.5 Å². The summed E-state index contributed by atoms with van der Waals surface area (Å²) in [6.07, 6.45) is 2.19. The van der Waals surface area contributed by atoms with E-state index in [9.17, 15) is 17.6 Å². The molecule has 2 atom stereocenters. The summed E-state index contributed by atoms with van der Waals surface area (Å²) in [6.45, 7) is 2.05. The molecule has 3 aromatic carbocycles. The molecule has 8 heteroatoms. The quantitative estimate of drug-likeness (QED) is 0.581. The minimum absolute atomic E-state index is 0.0377. The van der Waals surface area contributed by atoms with Crippen LogP contribution in [0.25, 0.3) is 0 Å². The van der Waals surface area contributed by atoms with E-state index in [1.54, 1.807) is 25.1 Å². The Kier molecular flexibility index (Phi) is 5.77. The number of nitrogens with zero attached hydrogens (tertiary/aromatic N) is 1. The maximum absolute atomic E-state index is 13.3. The van der Waals surface area contributed by atoms with Crippen molar-refractivity contribution in [3.8, 4) is 5.75 Å². The van der Waals surface area contributed by atoms with Crippen LogP contribution in [-0.4, -0.2) is 25.3 Å². The highest BCUT2D eigenvalue weighted by Crippen LogP contribution is 2.38. The van der Waals surface area contributed by atoms with Gasteiger partial charge in [0.2, 0.25) is 0 Å². The van der Waals surface area contributed by atoms with Gasteiger partial charge in [0.1, 0.15) is 11.6 Å². The zero-order chi connectivity index (χ0) is 23.9. The van der Waals surface area contributed by atoms with Crippen molar-refractivity contribution < 1.29 is 22.3 Å². The highest BCUT2D eigenvalue weighted by Gasteiger charge is 2.35. The molecule has 3 aromatic rings. The molecule has 34 heavy (non-hydrogen) atoms. The lowest BCUT2D eigenvalue weighted by Crippen LogP contribution is -2.41. The Morgan fingerprint density at radius 2 is 1.79 bits per heavy atom. The number of anilines is 1. The number of sulfonamides is 1. The SMILES string of the molecule is CC1Oc2ccc(NS(=O)(=O)c3ccc(F)cc3)cc2CN(C2CCCc3ccccc32)C1=O. The Morgan fingerprint density at radius 3 is 2.59 bits per heavy atom. The lowest BCUT2D eigenvalue weighted by atomic mass is 9.86. The van der Waals surface area contributed by atoms with Crippen molar-refractivity contribution in [2.45, 2.75) is 49.8 Å². The van der Waals surface area contributed by atoms with Gasteiger partial charge in [0.05, 0.1) is 17.5 Å². The Bertz CT molecular complexity index is 1340. The smallest absolute Gasteiger partial charge is 0.264 e. The number of carbonyl (C=O) groups is 1. The molecule has 1 heterocycles. The number of benzene rings is 3. The Balaban J connectivity index is 1.47. The van der Waals surface area contributed by atoms with Gasteiger partial charge in [-0.05, 0) is 79.8 Å². The van der Waals surface area contributed by atoms with Gasteiger partial charge in [-0.2, -0.15) is 0 Å². The lowest BCUT2D eigenvalue weighted by Gasteiger charge is -2.35. The van der Waals surface area contributed by atoms with Crippen LogP contribution in [0.2, 0.25) is 0 Å². The summed E-state index contributed by atoms with van der Waals surface area (Å²) < 4.78 is 47.3. The molecule has 6 nitrogen and oxygen atoms in total. The van der Waals surface area contributed by atoms with Gasteiger partial charge in [-0.25, -0.2) is 12.8 Å². The van der Waals surface area contributed by atoms with Crippen LogP contribution >= 0.6 is 0 Å². The van der Waals surface area contributed by atoms with Crippen molar-refractivity contribution in [3.05, 3.63) is 89.2 Å². The first-order valence-electron chi connectivity index (χ1n) is 11.3. The third-order valence-electron chi connectivity index (χ3n) is 6.43. The van der Waals surface area contributed by atoms with Gasteiger partial charge in [-0.3, -0.25) is 9.52 Å². The van der Waals surface area contributed by atoms with E-state index in [2.05, 4.69) is 16.9 Å². The fourth-order valence-corrected chi connectivity index (χ4v) is 5.81. The van der Waals surface area contributed by atoms with Gasteiger partial charge in [-0.1, -0.05) is 24.3 Å². The number of hydrogen-bond acceptors (Lipinski definition) is 4. The summed E-state index contributed by atoms with van der Waals surface area (Å²) in [5.74, 6) is -0.0483. The van der Waals surface area contributed by atoms with Crippen LogP contribution < -0.4 is 9.46 Å². The standard InChI is InChI=1S/C26H25FN2O4S/c1-17-26(30)29(24-8-4-6-18-5-2-3-7-23(18)24)16-19-15-21(11-14-25(19)33-17)28-34(31,32)22-12-9-20(27)10-13-22/h2-3,5,7,9-15,17,24,28H,4,6,8,16H2,1H3. The van der Waals surface area contributed by atoms with Gasteiger partial charge in [0.15, 0.2) is 6.10 Å². The van der Waals surface area contributed by atoms with Crippen molar-refractivity contribution in [2.75, 3.05) is 4.72 Å². The molecule has 176 valence electrons. The number of fused-ring (bicyclic) bond motifs is 2. The summed E-state index contributed by atoms with van der Waals surface area (Å²) >= 11 is 0. The fourth-order valence-electron chi connectivity index (χ4n) is 4.76. The minimum Gasteiger partial charge on any atom is -0.481 e. The van der Waals surface area contributed by atoms with E-state index >= 15 is 0 Å². The molecule has 2 aliphatic rings. The molecule has 1 N–H and O–H groups in total.